The molecule has 12 heteroatoms. The number of hydrogen-bond acceptors (Lipinski definition) is 10. The summed E-state index contributed by atoms with van der Waals surface area (Å²) in [6.07, 6.45) is 1.96. The van der Waals surface area contributed by atoms with Crippen LogP contribution in [0, 0.1) is 11.3 Å². The highest BCUT2D eigenvalue weighted by Crippen LogP contribution is 2.21. The summed E-state index contributed by atoms with van der Waals surface area (Å²) in [7, 11) is 3.07. The third kappa shape index (κ3) is 6.39. The number of nitrogens with one attached hydrogen (secondary N) is 2. The number of nitriles is 1. The van der Waals surface area contributed by atoms with Crippen LogP contribution < -0.4 is 15.5 Å². The first-order valence-electron chi connectivity index (χ1n) is 10.7. The molecule has 2 aromatic rings. The Balaban J connectivity index is 1.73. The quantitative estimate of drug-likeness (QED) is 0.307. The average molecular weight is 479 g/mol. The van der Waals surface area contributed by atoms with Gasteiger partial charge >= 0.3 is 6.03 Å². The van der Waals surface area contributed by atoms with Crippen molar-refractivity contribution in [3.05, 3.63) is 46.9 Å². The molecule has 3 heterocycles. The van der Waals surface area contributed by atoms with Gasteiger partial charge in [0.25, 0.3) is 0 Å². The predicted octanol–water partition coefficient (Wildman–Crippen LogP) is 1.44. The predicted molar refractivity (Wildman–Crippen MR) is 127 cm³/mol. The first kappa shape index (κ1) is 25.3. The number of nitrogens with zero attached hydrogens (tertiary/aromatic N) is 5. The molecule has 0 aromatic carbocycles. The minimum Gasteiger partial charge on any atom is -0.383 e. The van der Waals surface area contributed by atoms with Gasteiger partial charge in [-0.2, -0.15) is 5.26 Å². The van der Waals surface area contributed by atoms with E-state index in [1.165, 1.54) is 18.1 Å². The fourth-order valence-electron chi connectivity index (χ4n) is 3.30. The second-order valence-electron chi connectivity index (χ2n) is 7.49. The van der Waals surface area contributed by atoms with E-state index >= 15 is 0 Å². The maximum Gasteiger partial charge on any atom is 0.328 e. The minimum atomic E-state index is -0.540. The largest absolute Gasteiger partial charge is 0.383 e. The first-order valence-corrected chi connectivity index (χ1v) is 10.7. The highest BCUT2D eigenvalue weighted by atomic mass is 16.5. The van der Waals surface area contributed by atoms with Crippen molar-refractivity contribution in [2.75, 3.05) is 62.6 Å². The van der Waals surface area contributed by atoms with E-state index in [-0.39, 0.29) is 23.9 Å². The van der Waals surface area contributed by atoms with Crippen LogP contribution in [0.4, 0.5) is 22.1 Å². The molecule has 0 saturated carbocycles. The SMILES string of the molecule is COCCNc1cc(NC(=O)N(C)c2ccc(CN3CCOCC3=C=O)c(C=O)n2)ncc1C#N. The van der Waals surface area contributed by atoms with Gasteiger partial charge in [-0.1, -0.05) is 6.07 Å². The Morgan fingerprint density at radius 1 is 1.43 bits per heavy atom. The van der Waals surface area contributed by atoms with Crippen molar-refractivity contribution in [3.63, 3.8) is 0 Å². The number of anilines is 3. The molecule has 1 aliphatic rings. The van der Waals surface area contributed by atoms with E-state index in [0.717, 1.165) is 0 Å². The zero-order valence-electron chi connectivity index (χ0n) is 19.4. The molecule has 2 N–H and O–H groups in total. The topological polar surface area (TPSA) is 150 Å². The Kier molecular flexibility index (Phi) is 8.86. The van der Waals surface area contributed by atoms with Crippen molar-refractivity contribution in [2.45, 2.75) is 6.54 Å². The second-order valence-corrected chi connectivity index (χ2v) is 7.49. The van der Waals surface area contributed by atoms with Gasteiger partial charge < -0.3 is 19.7 Å². The van der Waals surface area contributed by atoms with Crippen LogP contribution in [0.2, 0.25) is 0 Å². The van der Waals surface area contributed by atoms with Crippen LogP contribution in [0.25, 0.3) is 0 Å². The molecule has 3 rings (SSSR count). The van der Waals surface area contributed by atoms with Crippen LogP contribution in [0.15, 0.2) is 30.1 Å². The molecular formula is C23H25N7O5. The molecule has 2 amide bonds. The number of ether oxygens (including phenoxy) is 2. The lowest BCUT2D eigenvalue weighted by Gasteiger charge is -2.29. The number of methoxy groups -OCH3 is 1. The highest BCUT2D eigenvalue weighted by Gasteiger charge is 2.20. The standard InChI is InChI=1S/C23H25N7O5/c1-29(23(33)28-21-9-19(25-5-7-34-2)17(10-24)11-26-21)22-4-3-16(20(14-32)27-22)12-30-6-8-35-15-18(30)13-31/h3-4,9,11,14H,5-8,12,15H2,1-2H3,(H2,25,26,28,33). The van der Waals surface area contributed by atoms with Crippen LogP contribution in [0.1, 0.15) is 21.6 Å². The number of morpholine rings is 1. The summed E-state index contributed by atoms with van der Waals surface area (Å²) in [4.78, 5) is 47.1. The Morgan fingerprint density at radius 3 is 2.97 bits per heavy atom. The number of hydrogen-bond donors (Lipinski definition) is 2. The van der Waals surface area contributed by atoms with Crippen LogP contribution in [0.5, 0.6) is 0 Å². The third-order valence-electron chi connectivity index (χ3n) is 5.24. The van der Waals surface area contributed by atoms with Crippen molar-refractivity contribution in [2.24, 2.45) is 0 Å². The van der Waals surface area contributed by atoms with Crippen LogP contribution in [-0.4, -0.2) is 80.2 Å². The number of carbonyl (C=O) groups is 2. The van der Waals surface area contributed by atoms with Crippen molar-refractivity contribution >= 4 is 35.6 Å². The van der Waals surface area contributed by atoms with Gasteiger partial charge in [-0.05, 0) is 6.07 Å². The summed E-state index contributed by atoms with van der Waals surface area (Å²) in [6, 6.07) is 6.34. The molecule has 1 aliphatic heterocycles. The van der Waals surface area contributed by atoms with Gasteiger partial charge in [-0.3, -0.25) is 15.0 Å². The molecule has 0 unspecified atom stereocenters. The lowest BCUT2D eigenvalue weighted by Crippen LogP contribution is -2.35. The first-order chi connectivity index (χ1) is 17.0. The molecule has 0 spiro atoms. The van der Waals surface area contributed by atoms with Gasteiger partial charge in [0.1, 0.15) is 35.0 Å². The summed E-state index contributed by atoms with van der Waals surface area (Å²) < 4.78 is 10.3. The van der Waals surface area contributed by atoms with E-state index in [9.17, 15) is 19.6 Å². The second kappa shape index (κ2) is 12.2. The summed E-state index contributed by atoms with van der Waals surface area (Å²) in [5.41, 5.74) is 1.97. The van der Waals surface area contributed by atoms with Gasteiger partial charge in [-0.25, -0.2) is 19.6 Å². The van der Waals surface area contributed by atoms with Crippen molar-refractivity contribution in [1.82, 2.24) is 14.9 Å². The maximum atomic E-state index is 12.8. The molecule has 2 aromatic heterocycles. The van der Waals surface area contributed by atoms with Crippen LogP contribution in [-0.2, 0) is 20.8 Å². The van der Waals surface area contributed by atoms with E-state index in [1.807, 2.05) is 12.0 Å². The van der Waals surface area contributed by atoms with E-state index in [2.05, 4.69) is 20.6 Å². The summed E-state index contributed by atoms with van der Waals surface area (Å²) >= 11 is 0. The fraction of sp³-hybridized carbons (Fsp3) is 0.348. The number of rotatable bonds is 9. The number of aromatic nitrogens is 2. The van der Waals surface area contributed by atoms with E-state index < -0.39 is 6.03 Å². The summed E-state index contributed by atoms with van der Waals surface area (Å²) in [6.45, 7) is 2.33. The normalized spacial score (nSPS) is 12.9. The van der Waals surface area contributed by atoms with Crippen LogP contribution >= 0.6 is 0 Å². The molecule has 35 heavy (non-hydrogen) atoms. The lowest BCUT2D eigenvalue weighted by atomic mass is 10.1. The number of amides is 2. The molecule has 182 valence electrons. The minimum absolute atomic E-state index is 0.153. The Hall–Kier alpha value is -4.30. The smallest absolute Gasteiger partial charge is 0.328 e. The number of aldehydes is 1. The van der Waals surface area contributed by atoms with Crippen molar-refractivity contribution in [1.29, 1.82) is 5.26 Å². The number of urea groups is 1. The van der Waals surface area contributed by atoms with E-state index in [1.54, 1.807) is 30.2 Å². The molecule has 0 radical (unpaired) electrons. The van der Waals surface area contributed by atoms with Gasteiger partial charge in [0.2, 0.25) is 0 Å². The highest BCUT2D eigenvalue weighted by molar-refractivity contribution is 6.00. The fourth-order valence-corrected chi connectivity index (χ4v) is 3.30. The summed E-state index contributed by atoms with van der Waals surface area (Å²) in [5.74, 6) is 2.34. The number of pyridine rings is 2. The molecule has 0 aliphatic carbocycles. The van der Waals surface area contributed by atoms with Crippen LogP contribution in [0.3, 0.4) is 0 Å². The Labute approximate surface area is 202 Å². The zero-order valence-corrected chi connectivity index (χ0v) is 19.4. The molecule has 12 nitrogen and oxygen atoms in total. The zero-order chi connectivity index (χ0) is 25.2. The molecule has 1 fully saturated rings. The van der Waals surface area contributed by atoms with Crippen molar-refractivity contribution < 1.29 is 23.9 Å². The summed E-state index contributed by atoms with van der Waals surface area (Å²) in [5, 5.41) is 15.0. The van der Waals surface area contributed by atoms with Gasteiger partial charge in [0, 0.05) is 51.6 Å². The molecule has 0 bridgehead atoms. The molecule has 0 atom stereocenters. The van der Waals surface area contributed by atoms with E-state index in [4.69, 9.17) is 9.47 Å². The average Bonchev–Trinajstić information content (AvgIpc) is 2.89. The van der Waals surface area contributed by atoms with E-state index in [0.29, 0.717) is 61.6 Å². The van der Waals surface area contributed by atoms with Gasteiger partial charge in [-0.15, -0.1) is 0 Å². The maximum absolute atomic E-state index is 12.8. The Bertz CT molecular complexity index is 1170. The van der Waals surface area contributed by atoms with Gasteiger partial charge in [0.05, 0.1) is 31.1 Å². The Morgan fingerprint density at radius 2 is 2.26 bits per heavy atom. The third-order valence-corrected chi connectivity index (χ3v) is 5.24. The lowest BCUT2D eigenvalue weighted by molar-refractivity contribution is 0.0718. The van der Waals surface area contributed by atoms with Gasteiger partial charge in [0.15, 0.2) is 6.29 Å². The van der Waals surface area contributed by atoms with Crippen molar-refractivity contribution in [3.8, 4) is 6.07 Å². The number of carbonyl (C=O) groups excluding carboxylic acids is 3. The molecule has 1 saturated heterocycles. The monoisotopic (exact) mass is 479 g/mol. The molecular weight excluding hydrogens is 454 g/mol.